The maximum absolute atomic E-state index is 13.5. The van der Waals surface area contributed by atoms with Gasteiger partial charge in [0.2, 0.25) is 5.91 Å². The zero-order valence-corrected chi connectivity index (χ0v) is 18.7. The summed E-state index contributed by atoms with van der Waals surface area (Å²) in [6.45, 7) is 3.65. The standard InChI is InChI=1S/C25H23N3O3S/c1-15-7-8-16(2)21(13-15)28-24(30)23-20(11-12-32-23)27(25(28)31)14-22(29)26-19-10-9-17-5-3-4-6-18(17)19/h3-8,11-13,19H,9-10,14H2,1-2H3,(H,26,29)/t19-/m1/s1. The number of nitrogens with one attached hydrogen (secondary N) is 1. The number of hydrogen-bond acceptors (Lipinski definition) is 4. The van der Waals surface area contributed by atoms with Crippen molar-refractivity contribution in [1.82, 2.24) is 14.5 Å². The van der Waals surface area contributed by atoms with Crippen molar-refractivity contribution >= 4 is 27.5 Å². The van der Waals surface area contributed by atoms with Crippen LogP contribution in [-0.2, 0) is 17.8 Å². The summed E-state index contributed by atoms with van der Waals surface area (Å²) in [6, 6.07) is 15.4. The first-order valence-electron chi connectivity index (χ1n) is 10.6. The van der Waals surface area contributed by atoms with Gasteiger partial charge >= 0.3 is 5.69 Å². The Hall–Kier alpha value is -3.45. The monoisotopic (exact) mass is 445 g/mol. The van der Waals surface area contributed by atoms with Crippen molar-refractivity contribution in [2.45, 2.75) is 39.3 Å². The van der Waals surface area contributed by atoms with E-state index >= 15 is 0 Å². The third-order valence-electron chi connectivity index (χ3n) is 6.13. The number of hydrogen-bond donors (Lipinski definition) is 1. The lowest BCUT2D eigenvalue weighted by Gasteiger charge is -2.17. The van der Waals surface area contributed by atoms with Crippen LogP contribution in [0.25, 0.3) is 15.9 Å². The van der Waals surface area contributed by atoms with Gasteiger partial charge in [-0.05, 0) is 66.5 Å². The molecule has 6 nitrogen and oxygen atoms in total. The second-order valence-corrected chi connectivity index (χ2v) is 9.21. The molecular weight excluding hydrogens is 422 g/mol. The minimum absolute atomic E-state index is 0.0581. The van der Waals surface area contributed by atoms with Gasteiger partial charge in [0.05, 0.1) is 17.2 Å². The molecule has 7 heteroatoms. The number of nitrogens with zero attached hydrogens (tertiary/aromatic N) is 2. The van der Waals surface area contributed by atoms with Gasteiger partial charge in [0.15, 0.2) is 0 Å². The van der Waals surface area contributed by atoms with Crippen LogP contribution in [0.3, 0.4) is 0 Å². The lowest BCUT2D eigenvalue weighted by molar-refractivity contribution is -0.122. The minimum Gasteiger partial charge on any atom is -0.348 e. The summed E-state index contributed by atoms with van der Waals surface area (Å²) in [7, 11) is 0. The van der Waals surface area contributed by atoms with E-state index in [2.05, 4.69) is 11.4 Å². The molecule has 1 N–H and O–H groups in total. The molecule has 0 saturated carbocycles. The Morgan fingerprint density at radius 2 is 1.94 bits per heavy atom. The van der Waals surface area contributed by atoms with Crippen molar-refractivity contribution in [3.8, 4) is 5.69 Å². The molecule has 0 radical (unpaired) electrons. The van der Waals surface area contributed by atoms with Crippen LogP contribution in [0.15, 0.2) is 63.5 Å². The van der Waals surface area contributed by atoms with Crippen LogP contribution in [-0.4, -0.2) is 15.0 Å². The first-order chi connectivity index (χ1) is 15.4. The molecule has 2 heterocycles. The molecule has 2 aromatic carbocycles. The summed E-state index contributed by atoms with van der Waals surface area (Å²) < 4.78 is 3.06. The molecule has 1 aliphatic carbocycles. The van der Waals surface area contributed by atoms with Gasteiger partial charge in [-0.1, -0.05) is 36.4 Å². The van der Waals surface area contributed by atoms with Gasteiger partial charge in [0.25, 0.3) is 5.56 Å². The van der Waals surface area contributed by atoms with Crippen LogP contribution >= 0.6 is 11.3 Å². The second kappa shape index (κ2) is 7.91. The van der Waals surface area contributed by atoms with E-state index in [1.165, 1.54) is 26.0 Å². The maximum atomic E-state index is 13.5. The number of carbonyl (C=O) groups is 1. The van der Waals surface area contributed by atoms with Crippen LogP contribution in [0.2, 0.25) is 0 Å². The molecule has 0 saturated heterocycles. The highest BCUT2D eigenvalue weighted by Gasteiger charge is 2.24. The number of thiophene rings is 1. The molecule has 0 bridgehead atoms. The normalized spacial score (nSPS) is 15.1. The summed E-state index contributed by atoms with van der Waals surface area (Å²) in [4.78, 5) is 39.7. The van der Waals surface area contributed by atoms with E-state index in [-0.39, 0.29) is 24.1 Å². The molecule has 0 unspecified atom stereocenters. The predicted molar refractivity (Wildman–Crippen MR) is 127 cm³/mol. The van der Waals surface area contributed by atoms with E-state index in [0.717, 1.165) is 29.5 Å². The van der Waals surface area contributed by atoms with E-state index in [1.807, 2.05) is 50.2 Å². The van der Waals surface area contributed by atoms with Crippen LogP contribution in [0.5, 0.6) is 0 Å². The summed E-state index contributed by atoms with van der Waals surface area (Å²) in [6.07, 6.45) is 1.77. The third kappa shape index (κ3) is 3.39. The summed E-state index contributed by atoms with van der Waals surface area (Å²) in [5.74, 6) is -0.243. The largest absolute Gasteiger partial charge is 0.348 e. The average Bonchev–Trinajstić information content (AvgIpc) is 3.42. The van der Waals surface area contributed by atoms with Crippen molar-refractivity contribution in [2.75, 3.05) is 0 Å². The van der Waals surface area contributed by atoms with E-state index in [0.29, 0.717) is 15.9 Å². The Kier molecular flexibility index (Phi) is 5.06. The van der Waals surface area contributed by atoms with Gasteiger partial charge in [0, 0.05) is 0 Å². The summed E-state index contributed by atoms with van der Waals surface area (Å²) >= 11 is 1.28. The SMILES string of the molecule is Cc1ccc(C)c(-n2c(=O)c3sccc3n(CC(=O)N[C@@H]3CCc4ccccc43)c2=O)c1. The van der Waals surface area contributed by atoms with Gasteiger partial charge in [0.1, 0.15) is 11.2 Å². The molecule has 162 valence electrons. The smallest absolute Gasteiger partial charge is 0.336 e. The average molecular weight is 446 g/mol. The van der Waals surface area contributed by atoms with Crippen molar-refractivity contribution in [2.24, 2.45) is 0 Å². The molecule has 4 aromatic rings. The van der Waals surface area contributed by atoms with Gasteiger partial charge < -0.3 is 5.32 Å². The van der Waals surface area contributed by atoms with Crippen molar-refractivity contribution in [3.63, 3.8) is 0 Å². The molecular formula is C25H23N3O3S. The van der Waals surface area contributed by atoms with Crippen molar-refractivity contribution in [1.29, 1.82) is 0 Å². The van der Waals surface area contributed by atoms with Gasteiger partial charge in [-0.15, -0.1) is 11.3 Å². The predicted octanol–water partition coefficient (Wildman–Crippen LogP) is 3.63. The highest BCUT2D eigenvalue weighted by Crippen LogP contribution is 2.30. The number of fused-ring (bicyclic) bond motifs is 2. The lowest BCUT2D eigenvalue weighted by atomic mass is 10.1. The topological polar surface area (TPSA) is 73.1 Å². The fraction of sp³-hybridized carbons (Fsp3) is 0.240. The summed E-state index contributed by atoms with van der Waals surface area (Å²) in [5, 5.41) is 4.86. The number of aryl methyl sites for hydroxylation is 3. The minimum atomic E-state index is -0.503. The quantitative estimate of drug-likeness (QED) is 0.521. The Labute approximate surface area is 188 Å². The Morgan fingerprint density at radius 1 is 1.12 bits per heavy atom. The van der Waals surface area contributed by atoms with Crippen molar-refractivity contribution in [3.05, 3.63) is 97.0 Å². The molecule has 1 amide bonds. The third-order valence-corrected chi connectivity index (χ3v) is 7.02. The van der Waals surface area contributed by atoms with Gasteiger partial charge in [-0.25, -0.2) is 9.36 Å². The zero-order valence-electron chi connectivity index (χ0n) is 17.9. The number of rotatable bonds is 4. The fourth-order valence-corrected chi connectivity index (χ4v) is 5.33. The molecule has 1 aliphatic rings. The van der Waals surface area contributed by atoms with Crippen molar-refractivity contribution < 1.29 is 4.79 Å². The first kappa shape index (κ1) is 20.5. The zero-order chi connectivity index (χ0) is 22.4. The molecule has 0 spiro atoms. The van der Waals surface area contributed by atoms with Gasteiger partial charge in [-0.2, -0.15) is 0 Å². The number of aromatic nitrogens is 2. The molecule has 5 rings (SSSR count). The van der Waals surface area contributed by atoms with Gasteiger partial charge in [-0.3, -0.25) is 14.2 Å². The second-order valence-electron chi connectivity index (χ2n) is 8.29. The highest BCUT2D eigenvalue weighted by atomic mass is 32.1. The Bertz CT molecular complexity index is 1480. The van der Waals surface area contributed by atoms with Crippen LogP contribution < -0.4 is 16.6 Å². The molecule has 32 heavy (non-hydrogen) atoms. The van der Waals surface area contributed by atoms with E-state index < -0.39 is 5.69 Å². The molecule has 1 atom stereocenters. The van der Waals surface area contributed by atoms with E-state index in [9.17, 15) is 14.4 Å². The fourth-order valence-electron chi connectivity index (χ4n) is 4.50. The van der Waals surface area contributed by atoms with Crippen LogP contribution in [0.4, 0.5) is 0 Å². The maximum Gasteiger partial charge on any atom is 0.336 e. The van der Waals surface area contributed by atoms with E-state index in [4.69, 9.17) is 0 Å². The molecule has 2 aromatic heterocycles. The molecule has 0 fully saturated rings. The van der Waals surface area contributed by atoms with Crippen LogP contribution in [0.1, 0.15) is 34.7 Å². The number of amides is 1. The Balaban J connectivity index is 1.55. The summed E-state index contributed by atoms with van der Waals surface area (Å²) in [5.41, 5.74) is 4.35. The number of carbonyl (C=O) groups excluding carboxylic acids is 1. The highest BCUT2D eigenvalue weighted by molar-refractivity contribution is 7.17. The number of benzene rings is 2. The lowest BCUT2D eigenvalue weighted by Crippen LogP contribution is -2.42. The molecule has 0 aliphatic heterocycles. The Morgan fingerprint density at radius 3 is 2.78 bits per heavy atom. The van der Waals surface area contributed by atoms with E-state index in [1.54, 1.807) is 11.4 Å². The van der Waals surface area contributed by atoms with Crippen LogP contribution in [0, 0.1) is 13.8 Å². The first-order valence-corrected chi connectivity index (χ1v) is 11.5.